The Kier molecular flexibility index (Phi) is 11.4. The molecule has 0 aliphatic rings. The fraction of sp³-hybridized carbons (Fsp3) is 0.550. The quantitative estimate of drug-likeness (QED) is 0.302. The summed E-state index contributed by atoms with van der Waals surface area (Å²) in [4.78, 5) is 11.0. The van der Waals surface area contributed by atoms with Crippen molar-refractivity contribution in [2.24, 2.45) is 0 Å². The number of carbonyl (C=O) groups excluding carboxylic acids is 1. The van der Waals surface area contributed by atoms with Gasteiger partial charge in [0.05, 0.1) is 0 Å². The minimum absolute atomic E-state index is 0.175. The number of aryl methyl sites for hydroxylation is 1. The van der Waals surface area contributed by atoms with Gasteiger partial charge in [0.2, 0.25) is 0 Å². The van der Waals surface area contributed by atoms with Crippen molar-refractivity contribution in [1.82, 2.24) is 0 Å². The summed E-state index contributed by atoms with van der Waals surface area (Å²) < 4.78 is 26.1. The Morgan fingerprint density at radius 3 is 2.62 bits per heavy atom. The third-order valence-corrected chi connectivity index (χ3v) is 3.53. The second kappa shape index (κ2) is 13.3. The van der Waals surface area contributed by atoms with Crippen molar-refractivity contribution in [2.75, 3.05) is 34.4 Å². The Labute approximate surface area is 156 Å². The average Bonchev–Trinajstić information content (AvgIpc) is 2.61. The number of unbranched alkanes of at least 4 members (excludes halogenated alkanes) is 1. The van der Waals surface area contributed by atoms with Gasteiger partial charge in [-0.3, -0.25) is 4.79 Å². The molecule has 0 aromatic heterocycles. The number of methoxy groups -OCH3 is 2. The van der Waals surface area contributed by atoms with Crippen molar-refractivity contribution >= 4 is 12.0 Å². The first-order valence-corrected chi connectivity index (χ1v) is 8.74. The first kappa shape index (κ1) is 22.2. The smallest absolute Gasteiger partial charge is 0.303 e. The third kappa shape index (κ3) is 8.99. The van der Waals surface area contributed by atoms with E-state index in [2.05, 4.69) is 0 Å². The maximum Gasteiger partial charge on any atom is 0.303 e. The Hall–Kier alpha value is -1.89. The van der Waals surface area contributed by atoms with Crippen LogP contribution in [0, 0.1) is 0 Å². The standard InChI is InChI=1S/C20H30O6/c1-16(26-17(2)21)11-12-19-10-7-9-18(20(19)25-15-23-4)8-5-6-13-24-14-22-3/h7,9-12,16H,5-6,8,13-15H2,1-4H3/b12-11+/t16-/m1/s1. The molecule has 0 N–H and O–H groups in total. The number of carbonyl (C=O) groups is 1. The molecular weight excluding hydrogens is 336 g/mol. The zero-order valence-electron chi connectivity index (χ0n) is 16.2. The minimum atomic E-state index is -0.303. The topological polar surface area (TPSA) is 63.2 Å². The largest absolute Gasteiger partial charge is 0.467 e. The second-order valence-electron chi connectivity index (χ2n) is 5.83. The van der Waals surface area contributed by atoms with E-state index in [0.29, 0.717) is 13.4 Å². The molecule has 6 nitrogen and oxygen atoms in total. The summed E-state index contributed by atoms with van der Waals surface area (Å²) in [7, 11) is 3.20. The van der Waals surface area contributed by atoms with Crippen LogP contribution in [-0.4, -0.2) is 46.5 Å². The molecule has 1 aromatic rings. The molecule has 0 heterocycles. The van der Waals surface area contributed by atoms with E-state index in [1.807, 2.05) is 37.3 Å². The maximum absolute atomic E-state index is 11.0. The van der Waals surface area contributed by atoms with Crippen molar-refractivity contribution in [3.8, 4) is 5.75 Å². The van der Waals surface area contributed by atoms with Crippen molar-refractivity contribution < 1.29 is 28.5 Å². The third-order valence-electron chi connectivity index (χ3n) is 3.53. The van der Waals surface area contributed by atoms with Crippen molar-refractivity contribution in [3.63, 3.8) is 0 Å². The zero-order chi connectivity index (χ0) is 19.2. The van der Waals surface area contributed by atoms with Gasteiger partial charge in [0.15, 0.2) is 6.79 Å². The SMILES string of the molecule is COCOCCCCc1cccc(/C=C/[C@@H](C)OC(C)=O)c1OCOC. The molecule has 0 aliphatic heterocycles. The van der Waals surface area contributed by atoms with Crippen LogP contribution in [0.1, 0.15) is 37.8 Å². The second-order valence-corrected chi connectivity index (χ2v) is 5.83. The van der Waals surface area contributed by atoms with Crippen molar-refractivity contribution in [1.29, 1.82) is 0 Å². The van der Waals surface area contributed by atoms with Gasteiger partial charge in [0, 0.05) is 33.3 Å². The molecule has 0 saturated heterocycles. The molecule has 0 spiro atoms. The number of benzene rings is 1. The molecule has 6 heteroatoms. The van der Waals surface area contributed by atoms with Gasteiger partial charge < -0.3 is 23.7 Å². The van der Waals surface area contributed by atoms with Gasteiger partial charge in [0.1, 0.15) is 18.6 Å². The van der Waals surface area contributed by atoms with Gasteiger partial charge >= 0.3 is 5.97 Å². The first-order chi connectivity index (χ1) is 12.6. The van der Waals surface area contributed by atoms with E-state index in [1.54, 1.807) is 14.2 Å². The first-order valence-electron chi connectivity index (χ1n) is 8.74. The maximum atomic E-state index is 11.0. The summed E-state index contributed by atoms with van der Waals surface area (Å²) >= 11 is 0. The van der Waals surface area contributed by atoms with Gasteiger partial charge in [-0.2, -0.15) is 0 Å². The molecule has 1 atom stereocenters. The lowest BCUT2D eigenvalue weighted by atomic mass is 10.0. The summed E-state index contributed by atoms with van der Waals surface area (Å²) in [6, 6.07) is 6.01. The number of para-hydroxylation sites is 1. The van der Waals surface area contributed by atoms with Crippen LogP contribution in [-0.2, 0) is 30.2 Å². The highest BCUT2D eigenvalue weighted by molar-refractivity contribution is 5.67. The summed E-state index contributed by atoms with van der Waals surface area (Å²) in [5, 5.41) is 0. The fourth-order valence-electron chi connectivity index (χ4n) is 2.43. The molecule has 1 aromatic carbocycles. The normalized spacial score (nSPS) is 12.3. The van der Waals surface area contributed by atoms with Crippen LogP contribution in [0.3, 0.4) is 0 Å². The van der Waals surface area contributed by atoms with E-state index in [-0.39, 0.29) is 18.9 Å². The van der Waals surface area contributed by atoms with E-state index in [1.165, 1.54) is 6.92 Å². The molecule has 0 fully saturated rings. The van der Waals surface area contributed by atoms with Crippen molar-refractivity contribution in [3.05, 3.63) is 35.4 Å². The number of rotatable bonds is 13. The van der Waals surface area contributed by atoms with E-state index in [9.17, 15) is 4.79 Å². The molecule has 26 heavy (non-hydrogen) atoms. The fourth-order valence-corrected chi connectivity index (χ4v) is 2.43. The lowest BCUT2D eigenvalue weighted by Gasteiger charge is -2.14. The molecule has 0 saturated carbocycles. The Morgan fingerprint density at radius 2 is 1.92 bits per heavy atom. The molecule has 0 bridgehead atoms. The van der Waals surface area contributed by atoms with Crippen LogP contribution >= 0.6 is 0 Å². The summed E-state index contributed by atoms with van der Waals surface area (Å²) in [6.07, 6.45) is 6.23. The van der Waals surface area contributed by atoms with Crippen LogP contribution in [0.5, 0.6) is 5.75 Å². The van der Waals surface area contributed by atoms with E-state index >= 15 is 0 Å². The molecule has 0 unspecified atom stereocenters. The lowest BCUT2D eigenvalue weighted by molar-refractivity contribution is -0.143. The minimum Gasteiger partial charge on any atom is -0.467 e. The number of esters is 1. The molecule has 1 rings (SSSR count). The van der Waals surface area contributed by atoms with Crippen LogP contribution in [0.2, 0.25) is 0 Å². The van der Waals surface area contributed by atoms with Gasteiger partial charge in [-0.1, -0.05) is 24.3 Å². The van der Waals surface area contributed by atoms with Gasteiger partial charge in [0.25, 0.3) is 0 Å². The Bertz CT molecular complexity index is 555. The van der Waals surface area contributed by atoms with Crippen LogP contribution in [0.15, 0.2) is 24.3 Å². The monoisotopic (exact) mass is 366 g/mol. The van der Waals surface area contributed by atoms with E-state index in [0.717, 1.165) is 36.1 Å². The molecule has 0 amide bonds. The van der Waals surface area contributed by atoms with E-state index < -0.39 is 0 Å². The van der Waals surface area contributed by atoms with Gasteiger partial charge in [-0.15, -0.1) is 0 Å². The number of hydrogen-bond donors (Lipinski definition) is 0. The zero-order valence-corrected chi connectivity index (χ0v) is 16.2. The molecule has 0 aliphatic carbocycles. The summed E-state index contributed by atoms with van der Waals surface area (Å²) in [5.74, 6) is 0.487. The summed E-state index contributed by atoms with van der Waals surface area (Å²) in [6.45, 7) is 4.38. The van der Waals surface area contributed by atoms with Crippen LogP contribution in [0.4, 0.5) is 0 Å². The molecule has 146 valence electrons. The van der Waals surface area contributed by atoms with Crippen LogP contribution < -0.4 is 4.74 Å². The molecular formula is C20H30O6. The average molecular weight is 366 g/mol. The molecule has 0 radical (unpaired) electrons. The predicted octanol–water partition coefficient (Wildman–Crippen LogP) is 3.58. The highest BCUT2D eigenvalue weighted by atomic mass is 16.7. The van der Waals surface area contributed by atoms with Crippen LogP contribution in [0.25, 0.3) is 6.08 Å². The Morgan fingerprint density at radius 1 is 1.15 bits per heavy atom. The van der Waals surface area contributed by atoms with E-state index in [4.69, 9.17) is 23.7 Å². The Balaban J connectivity index is 2.76. The number of hydrogen-bond acceptors (Lipinski definition) is 6. The number of ether oxygens (including phenoxy) is 5. The lowest BCUT2D eigenvalue weighted by Crippen LogP contribution is -2.09. The van der Waals surface area contributed by atoms with Gasteiger partial charge in [-0.25, -0.2) is 0 Å². The van der Waals surface area contributed by atoms with Gasteiger partial charge in [-0.05, 0) is 37.8 Å². The highest BCUT2D eigenvalue weighted by Crippen LogP contribution is 2.27. The highest BCUT2D eigenvalue weighted by Gasteiger charge is 2.09. The summed E-state index contributed by atoms with van der Waals surface area (Å²) in [5.41, 5.74) is 2.03. The predicted molar refractivity (Wildman–Crippen MR) is 100.0 cm³/mol. The van der Waals surface area contributed by atoms with Crippen molar-refractivity contribution in [2.45, 2.75) is 39.2 Å².